The summed E-state index contributed by atoms with van der Waals surface area (Å²) in [5, 5.41) is 6.64. The van der Waals surface area contributed by atoms with Crippen molar-refractivity contribution in [1.82, 2.24) is 19.9 Å². The summed E-state index contributed by atoms with van der Waals surface area (Å²) in [5.41, 5.74) is -0.927. The third-order valence-corrected chi connectivity index (χ3v) is 6.06. The molecule has 2 heterocycles. The van der Waals surface area contributed by atoms with Gasteiger partial charge in [0.05, 0.1) is 14.2 Å². The number of methoxy groups -OCH3 is 2. The first-order valence-electron chi connectivity index (χ1n) is 11.7. The number of hydrogen-bond donors (Lipinski definition) is 4. The maximum Gasteiger partial charge on any atom is 0.359 e. The Morgan fingerprint density at radius 1 is 0.700 bits per heavy atom. The van der Waals surface area contributed by atoms with Crippen molar-refractivity contribution in [3.8, 4) is 22.8 Å². The van der Waals surface area contributed by atoms with Crippen LogP contribution in [0.5, 0.6) is 0 Å². The van der Waals surface area contributed by atoms with Gasteiger partial charge < -0.3 is 30.1 Å². The van der Waals surface area contributed by atoms with Crippen molar-refractivity contribution in [1.29, 1.82) is 0 Å². The fourth-order valence-electron chi connectivity index (χ4n) is 3.63. The van der Waals surface area contributed by atoms with E-state index in [4.69, 9.17) is 32.7 Å². The lowest BCUT2D eigenvalue weighted by Crippen LogP contribution is -2.27. The van der Waals surface area contributed by atoms with E-state index in [1.807, 2.05) is 0 Å². The lowest BCUT2D eigenvalue weighted by Gasteiger charge is -2.13. The van der Waals surface area contributed by atoms with Crippen molar-refractivity contribution in [2.24, 2.45) is 0 Å². The van der Waals surface area contributed by atoms with Gasteiger partial charge in [0.2, 0.25) is 0 Å². The van der Waals surface area contributed by atoms with Gasteiger partial charge in [-0.05, 0) is 48.5 Å². The smallest absolute Gasteiger partial charge is 0.359 e. The molecule has 12 nitrogen and oxygen atoms in total. The van der Waals surface area contributed by atoms with Crippen LogP contribution < -0.4 is 21.8 Å². The minimum Gasteiger partial charge on any atom is -0.464 e. The van der Waals surface area contributed by atoms with E-state index < -0.39 is 23.1 Å². The lowest BCUT2D eigenvalue weighted by molar-refractivity contribution is 0.0586. The van der Waals surface area contributed by atoms with Crippen LogP contribution in [0.1, 0.15) is 21.0 Å². The van der Waals surface area contributed by atoms with Crippen molar-refractivity contribution < 1.29 is 19.1 Å². The first kappa shape index (κ1) is 28.3. The molecule has 206 valence electrons. The van der Waals surface area contributed by atoms with E-state index in [9.17, 15) is 19.2 Å². The molecule has 0 aliphatic carbocycles. The van der Waals surface area contributed by atoms with Crippen molar-refractivity contribution in [3.63, 3.8) is 0 Å². The molecule has 2 aromatic heterocycles. The zero-order valence-corrected chi connectivity index (χ0v) is 22.6. The number of halogens is 2. The summed E-state index contributed by atoms with van der Waals surface area (Å²) >= 11 is 11.8. The normalized spacial score (nSPS) is 10.6. The Bertz CT molecular complexity index is 1540. The fraction of sp³-hybridized carbons (Fsp3) is 0.154. The minimum atomic E-state index is -0.830. The highest BCUT2D eigenvalue weighted by Gasteiger charge is 2.21. The predicted molar refractivity (Wildman–Crippen MR) is 150 cm³/mol. The number of hydrogen-bond acceptors (Lipinski definition) is 10. The van der Waals surface area contributed by atoms with E-state index in [1.165, 1.54) is 14.2 Å². The number of rotatable bonds is 9. The highest BCUT2D eigenvalue weighted by molar-refractivity contribution is 6.30. The van der Waals surface area contributed by atoms with Gasteiger partial charge in [0.15, 0.2) is 11.4 Å². The summed E-state index contributed by atoms with van der Waals surface area (Å²) in [6.07, 6.45) is 0. The molecule has 40 heavy (non-hydrogen) atoms. The van der Waals surface area contributed by atoms with Crippen LogP contribution in [-0.2, 0) is 9.47 Å². The molecule has 4 rings (SSSR count). The molecule has 4 N–H and O–H groups in total. The Morgan fingerprint density at radius 3 is 1.38 bits per heavy atom. The number of nitrogens with one attached hydrogen (secondary N) is 4. The SMILES string of the molecule is COC(=O)c1nc(-c2ccc(Cl)cc2)[nH]c(=O)c1NCCNc1c(C(=O)OC)nc(-c2ccc(Cl)cc2)[nH]c1=O. The van der Waals surface area contributed by atoms with Crippen LogP contribution in [-0.4, -0.2) is 59.2 Å². The number of aromatic nitrogens is 4. The first-order chi connectivity index (χ1) is 19.2. The summed E-state index contributed by atoms with van der Waals surface area (Å²) in [6, 6.07) is 13.0. The maximum absolute atomic E-state index is 12.9. The van der Waals surface area contributed by atoms with Crippen molar-refractivity contribution in [2.75, 3.05) is 37.9 Å². The molecule has 0 saturated heterocycles. The predicted octanol–water partition coefficient (Wildman–Crippen LogP) is 3.59. The zero-order valence-electron chi connectivity index (χ0n) is 21.1. The summed E-state index contributed by atoms with van der Waals surface area (Å²) in [6.45, 7) is 0.0715. The third-order valence-electron chi connectivity index (χ3n) is 5.56. The number of carbonyl (C=O) groups excluding carboxylic acids is 2. The number of H-pyrrole nitrogens is 2. The van der Waals surface area contributed by atoms with Crippen LogP contribution in [0.4, 0.5) is 11.4 Å². The maximum atomic E-state index is 12.9. The molecule has 0 spiro atoms. The molecule has 14 heteroatoms. The second-order valence-corrected chi connectivity index (χ2v) is 9.00. The van der Waals surface area contributed by atoms with Crippen molar-refractivity contribution >= 4 is 46.5 Å². The van der Waals surface area contributed by atoms with Crippen LogP contribution in [0.2, 0.25) is 10.0 Å². The van der Waals surface area contributed by atoms with Crippen LogP contribution in [0.15, 0.2) is 58.1 Å². The van der Waals surface area contributed by atoms with Gasteiger partial charge in [-0.25, -0.2) is 19.6 Å². The number of ether oxygens (including phenoxy) is 2. The van der Waals surface area contributed by atoms with Gasteiger partial charge in [-0.2, -0.15) is 0 Å². The number of carbonyl (C=O) groups is 2. The summed E-state index contributed by atoms with van der Waals surface area (Å²) in [5.74, 6) is -1.37. The highest BCUT2D eigenvalue weighted by atomic mass is 35.5. The molecule has 0 aliphatic heterocycles. The van der Waals surface area contributed by atoms with Gasteiger partial charge in [-0.15, -0.1) is 0 Å². The van der Waals surface area contributed by atoms with Crippen LogP contribution in [0, 0.1) is 0 Å². The number of esters is 2. The molecule has 0 bridgehead atoms. The molecule has 0 aliphatic rings. The van der Waals surface area contributed by atoms with Crippen molar-refractivity contribution in [3.05, 3.63) is 90.7 Å². The van der Waals surface area contributed by atoms with E-state index in [0.717, 1.165) is 0 Å². The quantitative estimate of drug-likeness (QED) is 0.168. The average molecular weight is 585 g/mol. The van der Waals surface area contributed by atoms with Gasteiger partial charge in [-0.3, -0.25) is 9.59 Å². The fourth-order valence-corrected chi connectivity index (χ4v) is 3.88. The Morgan fingerprint density at radius 2 is 1.05 bits per heavy atom. The second-order valence-electron chi connectivity index (χ2n) is 8.13. The van der Waals surface area contributed by atoms with Gasteiger partial charge in [0.1, 0.15) is 23.0 Å². The molecule has 0 unspecified atom stereocenters. The molecule has 2 aromatic carbocycles. The minimum absolute atomic E-state index is 0.0357. The van der Waals surface area contributed by atoms with Gasteiger partial charge >= 0.3 is 11.9 Å². The van der Waals surface area contributed by atoms with E-state index in [-0.39, 0.29) is 47.5 Å². The molecule has 0 amide bonds. The van der Waals surface area contributed by atoms with E-state index in [1.54, 1.807) is 48.5 Å². The third kappa shape index (κ3) is 6.30. The number of benzene rings is 2. The molecular formula is C26H22Cl2N6O6. The molecule has 0 saturated carbocycles. The summed E-state index contributed by atoms with van der Waals surface area (Å²) in [4.78, 5) is 64.3. The zero-order chi connectivity index (χ0) is 28.8. The van der Waals surface area contributed by atoms with Crippen LogP contribution >= 0.6 is 23.2 Å². The molecule has 0 fully saturated rings. The van der Waals surface area contributed by atoms with Crippen LogP contribution in [0.25, 0.3) is 22.8 Å². The lowest BCUT2D eigenvalue weighted by atomic mass is 10.2. The van der Waals surface area contributed by atoms with Crippen molar-refractivity contribution in [2.45, 2.75) is 0 Å². The largest absolute Gasteiger partial charge is 0.464 e. The first-order valence-corrected chi connectivity index (χ1v) is 12.4. The number of nitrogens with zero attached hydrogens (tertiary/aromatic N) is 2. The monoisotopic (exact) mass is 584 g/mol. The molecule has 0 radical (unpaired) electrons. The van der Waals surface area contributed by atoms with Gasteiger partial charge in [0.25, 0.3) is 11.1 Å². The number of aromatic amines is 2. The topological polar surface area (TPSA) is 168 Å². The Hall–Kier alpha value is -4.68. The highest BCUT2D eigenvalue weighted by Crippen LogP contribution is 2.21. The molecule has 4 aromatic rings. The molecule has 0 atom stereocenters. The Balaban J connectivity index is 1.56. The summed E-state index contributed by atoms with van der Waals surface area (Å²) < 4.78 is 9.60. The Labute approximate surface area is 236 Å². The van der Waals surface area contributed by atoms with E-state index >= 15 is 0 Å². The molecular weight excluding hydrogens is 563 g/mol. The van der Waals surface area contributed by atoms with Gasteiger partial charge in [-0.1, -0.05) is 23.2 Å². The van der Waals surface area contributed by atoms with E-state index in [2.05, 4.69) is 30.6 Å². The van der Waals surface area contributed by atoms with Gasteiger partial charge in [0, 0.05) is 34.3 Å². The standard InChI is InChI=1S/C26H22Cl2N6O6/c1-39-25(37)19-17(23(35)33-21(31-19)13-3-7-15(27)8-4-13)29-11-12-30-18-20(26(38)40-2)32-22(34-24(18)36)14-5-9-16(28)10-6-14/h3-10,29-30H,11-12H2,1-2H3,(H,31,33,35)(H,32,34,36). The summed E-state index contributed by atoms with van der Waals surface area (Å²) in [7, 11) is 2.33. The van der Waals surface area contributed by atoms with E-state index in [0.29, 0.717) is 21.2 Å². The van der Waals surface area contributed by atoms with Crippen LogP contribution in [0.3, 0.4) is 0 Å². The Kier molecular flexibility index (Phi) is 8.82. The number of anilines is 2. The second kappa shape index (κ2) is 12.5. The average Bonchev–Trinajstić information content (AvgIpc) is 2.96.